The minimum absolute atomic E-state index is 0.351. The predicted molar refractivity (Wildman–Crippen MR) is 70.0 cm³/mol. The van der Waals surface area contributed by atoms with Gasteiger partial charge in [-0.15, -0.1) is 0 Å². The molecule has 0 aromatic carbocycles. The molecule has 1 unspecified atom stereocenters. The van der Waals surface area contributed by atoms with Crippen LogP contribution in [0.3, 0.4) is 0 Å². The highest BCUT2D eigenvalue weighted by molar-refractivity contribution is 5.94. The molecule has 0 bridgehead atoms. The maximum Gasteiger partial charge on any atom is 0.407 e. The molecule has 1 fully saturated rings. The van der Waals surface area contributed by atoms with Crippen molar-refractivity contribution in [3.8, 4) is 0 Å². The highest BCUT2D eigenvalue weighted by Crippen LogP contribution is 2.35. The van der Waals surface area contributed by atoms with Crippen LogP contribution in [0, 0.1) is 0 Å². The van der Waals surface area contributed by atoms with Crippen molar-refractivity contribution in [3.63, 3.8) is 0 Å². The molecule has 3 N–H and O–H groups in total. The molecular weight excluding hydrogens is 264 g/mol. The van der Waals surface area contributed by atoms with Crippen molar-refractivity contribution in [1.82, 2.24) is 15.1 Å². The molecule has 110 valence electrons. The Balaban J connectivity index is 2.02. The molecule has 1 aromatic heterocycles. The second kappa shape index (κ2) is 5.49. The van der Waals surface area contributed by atoms with Crippen LogP contribution in [-0.4, -0.2) is 45.6 Å². The fourth-order valence-electron chi connectivity index (χ4n) is 2.21. The number of aliphatic hydroxyl groups excluding tert-OH is 1. The van der Waals surface area contributed by atoms with Gasteiger partial charge in [-0.1, -0.05) is 0 Å². The van der Waals surface area contributed by atoms with Crippen LogP contribution in [0.15, 0.2) is 12.3 Å². The van der Waals surface area contributed by atoms with E-state index >= 15 is 0 Å². The number of hydrogen-bond acceptors (Lipinski definition) is 5. The Bertz CT molecular complexity index is 509. The van der Waals surface area contributed by atoms with Gasteiger partial charge >= 0.3 is 6.09 Å². The summed E-state index contributed by atoms with van der Waals surface area (Å²) in [6.07, 6.45) is 1.55. The number of alkyl carbamates (subject to hydrolysis) is 1. The van der Waals surface area contributed by atoms with Crippen molar-refractivity contribution in [1.29, 1.82) is 0 Å². The van der Waals surface area contributed by atoms with Crippen LogP contribution >= 0.6 is 0 Å². The zero-order chi connectivity index (χ0) is 14.8. The highest BCUT2D eigenvalue weighted by Gasteiger charge is 2.48. The standard InChI is InChI=1S/C12H18N4O4/c1-16-7-4-8(15-16)13-10(18)9(17)12(5-3-6-12)14-11(19)20-2/h4,7,9,17H,3,5-6H2,1-2H3,(H,14,19)(H,13,15,18). The quantitative estimate of drug-likeness (QED) is 0.720. The lowest BCUT2D eigenvalue weighted by molar-refractivity contribution is -0.130. The van der Waals surface area contributed by atoms with Gasteiger partial charge in [-0.2, -0.15) is 5.10 Å². The van der Waals surface area contributed by atoms with Gasteiger partial charge in [0.15, 0.2) is 11.9 Å². The lowest BCUT2D eigenvalue weighted by Gasteiger charge is -2.44. The summed E-state index contributed by atoms with van der Waals surface area (Å²) in [5.41, 5.74) is -0.952. The predicted octanol–water partition coefficient (Wildman–Crippen LogP) is -0.00180. The molecule has 8 nitrogen and oxygen atoms in total. The van der Waals surface area contributed by atoms with Gasteiger partial charge in [0, 0.05) is 19.3 Å². The van der Waals surface area contributed by atoms with Gasteiger partial charge in [0.25, 0.3) is 5.91 Å². The van der Waals surface area contributed by atoms with Gasteiger partial charge in [0.2, 0.25) is 0 Å². The van der Waals surface area contributed by atoms with E-state index in [1.165, 1.54) is 11.8 Å². The molecule has 2 amide bonds. The largest absolute Gasteiger partial charge is 0.453 e. The normalized spacial score (nSPS) is 17.8. The van der Waals surface area contributed by atoms with E-state index in [2.05, 4.69) is 20.5 Å². The Morgan fingerprint density at radius 2 is 2.25 bits per heavy atom. The van der Waals surface area contributed by atoms with Crippen molar-refractivity contribution < 1.29 is 19.4 Å². The fraction of sp³-hybridized carbons (Fsp3) is 0.583. The number of hydrogen-bond donors (Lipinski definition) is 3. The van der Waals surface area contributed by atoms with Gasteiger partial charge in [-0.3, -0.25) is 9.48 Å². The Hall–Kier alpha value is -2.09. The van der Waals surface area contributed by atoms with Crippen molar-refractivity contribution >= 4 is 17.8 Å². The third-order valence-electron chi connectivity index (χ3n) is 3.52. The Morgan fingerprint density at radius 1 is 1.55 bits per heavy atom. The van der Waals surface area contributed by atoms with E-state index in [1.54, 1.807) is 19.3 Å². The minimum Gasteiger partial charge on any atom is -0.453 e. The maximum absolute atomic E-state index is 12.0. The summed E-state index contributed by atoms with van der Waals surface area (Å²) in [6, 6.07) is 1.62. The lowest BCUT2D eigenvalue weighted by Crippen LogP contribution is -2.64. The first-order valence-electron chi connectivity index (χ1n) is 6.31. The maximum atomic E-state index is 12.0. The second-order valence-corrected chi connectivity index (χ2v) is 4.89. The number of carbonyl (C=O) groups excluding carboxylic acids is 2. The van der Waals surface area contributed by atoms with Gasteiger partial charge in [-0.25, -0.2) is 4.79 Å². The Labute approximate surface area is 116 Å². The summed E-state index contributed by atoms with van der Waals surface area (Å²) >= 11 is 0. The van der Waals surface area contributed by atoms with E-state index < -0.39 is 23.6 Å². The first kappa shape index (κ1) is 14.3. The van der Waals surface area contributed by atoms with Crippen LogP contribution in [0.2, 0.25) is 0 Å². The number of nitrogens with one attached hydrogen (secondary N) is 2. The van der Waals surface area contributed by atoms with E-state index in [1.807, 2.05) is 0 Å². The Kier molecular flexibility index (Phi) is 3.93. The molecule has 1 aliphatic rings. The number of methoxy groups -OCH3 is 1. The van der Waals surface area contributed by atoms with Crippen LogP contribution in [0.1, 0.15) is 19.3 Å². The summed E-state index contributed by atoms with van der Waals surface area (Å²) in [4.78, 5) is 23.3. The molecule has 20 heavy (non-hydrogen) atoms. The van der Waals surface area contributed by atoms with Gasteiger partial charge in [0.05, 0.1) is 12.6 Å². The fourth-order valence-corrected chi connectivity index (χ4v) is 2.21. The van der Waals surface area contributed by atoms with Crippen LogP contribution in [0.25, 0.3) is 0 Å². The molecule has 2 rings (SSSR count). The number of aromatic nitrogens is 2. The molecular formula is C12H18N4O4. The van der Waals surface area contributed by atoms with Crippen LogP contribution in [0.4, 0.5) is 10.6 Å². The van der Waals surface area contributed by atoms with E-state index in [-0.39, 0.29) is 0 Å². The molecule has 1 heterocycles. The highest BCUT2D eigenvalue weighted by atomic mass is 16.5. The zero-order valence-electron chi connectivity index (χ0n) is 11.4. The smallest absolute Gasteiger partial charge is 0.407 e. The summed E-state index contributed by atoms with van der Waals surface area (Å²) < 4.78 is 6.06. The van der Waals surface area contributed by atoms with E-state index in [0.717, 1.165) is 6.42 Å². The molecule has 0 radical (unpaired) electrons. The van der Waals surface area contributed by atoms with Crippen molar-refractivity contribution in [2.45, 2.75) is 30.9 Å². The van der Waals surface area contributed by atoms with Crippen LogP contribution < -0.4 is 10.6 Å². The molecule has 1 atom stereocenters. The number of anilines is 1. The number of nitrogens with zero attached hydrogens (tertiary/aromatic N) is 2. The molecule has 0 aliphatic heterocycles. The third kappa shape index (κ3) is 2.74. The summed E-state index contributed by atoms with van der Waals surface area (Å²) in [7, 11) is 2.96. The molecule has 0 spiro atoms. The van der Waals surface area contributed by atoms with Crippen molar-refractivity contribution in [2.75, 3.05) is 12.4 Å². The molecule has 1 aliphatic carbocycles. The van der Waals surface area contributed by atoms with E-state index in [9.17, 15) is 14.7 Å². The minimum atomic E-state index is -1.35. The zero-order valence-corrected chi connectivity index (χ0v) is 11.4. The number of rotatable bonds is 4. The van der Waals surface area contributed by atoms with E-state index in [4.69, 9.17) is 0 Å². The average Bonchev–Trinajstić information content (AvgIpc) is 2.78. The van der Waals surface area contributed by atoms with Gasteiger partial charge < -0.3 is 20.5 Å². The topological polar surface area (TPSA) is 105 Å². The number of carbonyl (C=O) groups is 2. The number of aryl methyl sites for hydroxylation is 1. The molecule has 0 saturated heterocycles. The summed E-state index contributed by atoms with van der Waals surface area (Å²) in [5, 5.41) is 19.2. The first-order valence-corrected chi connectivity index (χ1v) is 6.31. The molecule has 8 heteroatoms. The van der Waals surface area contributed by atoms with E-state index in [0.29, 0.717) is 18.7 Å². The number of amides is 2. The summed E-state index contributed by atoms with van der Waals surface area (Å²) in [6.45, 7) is 0. The lowest BCUT2D eigenvalue weighted by atomic mass is 9.72. The first-order chi connectivity index (χ1) is 9.47. The molecule has 1 saturated carbocycles. The SMILES string of the molecule is COC(=O)NC1(C(O)C(=O)Nc2ccn(C)n2)CCC1. The third-order valence-corrected chi connectivity index (χ3v) is 3.52. The van der Waals surface area contributed by atoms with Gasteiger partial charge in [0.1, 0.15) is 0 Å². The van der Waals surface area contributed by atoms with Gasteiger partial charge in [-0.05, 0) is 19.3 Å². The second-order valence-electron chi connectivity index (χ2n) is 4.89. The monoisotopic (exact) mass is 282 g/mol. The van der Waals surface area contributed by atoms with Crippen LogP contribution in [0.5, 0.6) is 0 Å². The Morgan fingerprint density at radius 3 is 2.70 bits per heavy atom. The van der Waals surface area contributed by atoms with Crippen molar-refractivity contribution in [2.24, 2.45) is 7.05 Å². The number of ether oxygens (including phenoxy) is 1. The number of aliphatic hydroxyl groups is 1. The van der Waals surface area contributed by atoms with Crippen LogP contribution in [-0.2, 0) is 16.6 Å². The average molecular weight is 282 g/mol. The summed E-state index contributed by atoms with van der Waals surface area (Å²) in [5.74, 6) is -0.246. The van der Waals surface area contributed by atoms with Crippen molar-refractivity contribution in [3.05, 3.63) is 12.3 Å². The molecule has 1 aromatic rings.